The molecular formula is C25H23BrO3. The van der Waals surface area contributed by atoms with Gasteiger partial charge in [0.25, 0.3) is 0 Å². The molecular weight excluding hydrogens is 428 g/mol. The van der Waals surface area contributed by atoms with Gasteiger partial charge < -0.3 is 14.2 Å². The second-order valence-electron chi connectivity index (χ2n) is 6.34. The van der Waals surface area contributed by atoms with Crippen molar-refractivity contribution in [2.24, 2.45) is 0 Å². The smallest absolute Gasteiger partial charge is 0.203 e. The van der Waals surface area contributed by atoms with Crippen LogP contribution in [-0.4, -0.2) is 21.3 Å². The number of hydrogen-bond donors (Lipinski definition) is 0. The first-order valence-electron chi connectivity index (χ1n) is 9.14. The Bertz CT molecular complexity index is 978. The zero-order valence-electron chi connectivity index (χ0n) is 16.7. The standard InChI is InChI=1S/C25H23BrO3/c1-27-23-16-21(17-24(28-2)25(23)29-3)11-10-19-6-4-18(5-7-19)8-9-20-12-14-22(26)15-13-20/h4-17H,1-3H3/b9-8+,11-10+. The molecule has 148 valence electrons. The molecule has 0 saturated carbocycles. The number of methoxy groups -OCH3 is 3. The zero-order valence-corrected chi connectivity index (χ0v) is 18.3. The average Bonchev–Trinajstić information content (AvgIpc) is 2.77. The highest BCUT2D eigenvalue weighted by molar-refractivity contribution is 9.10. The van der Waals surface area contributed by atoms with E-state index >= 15 is 0 Å². The van der Waals surface area contributed by atoms with Crippen molar-refractivity contribution >= 4 is 40.2 Å². The topological polar surface area (TPSA) is 27.7 Å². The fourth-order valence-electron chi connectivity index (χ4n) is 2.87. The molecule has 0 spiro atoms. The predicted octanol–water partition coefficient (Wildman–Crippen LogP) is 6.82. The van der Waals surface area contributed by atoms with Gasteiger partial charge in [0, 0.05) is 4.47 Å². The Balaban J connectivity index is 1.74. The van der Waals surface area contributed by atoms with E-state index in [4.69, 9.17) is 14.2 Å². The third-order valence-electron chi connectivity index (χ3n) is 4.43. The molecule has 29 heavy (non-hydrogen) atoms. The van der Waals surface area contributed by atoms with E-state index in [0.29, 0.717) is 17.2 Å². The Morgan fingerprint density at radius 3 is 1.31 bits per heavy atom. The van der Waals surface area contributed by atoms with Crippen LogP contribution in [0, 0.1) is 0 Å². The molecule has 0 atom stereocenters. The van der Waals surface area contributed by atoms with Gasteiger partial charge in [-0.15, -0.1) is 0 Å². The van der Waals surface area contributed by atoms with Gasteiger partial charge in [-0.05, 0) is 46.5 Å². The minimum absolute atomic E-state index is 0.592. The van der Waals surface area contributed by atoms with Crippen LogP contribution in [0.15, 0.2) is 65.1 Å². The van der Waals surface area contributed by atoms with Gasteiger partial charge in [-0.2, -0.15) is 0 Å². The summed E-state index contributed by atoms with van der Waals surface area (Å²) in [5.41, 5.74) is 4.40. The Hall–Kier alpha value is -2.98. The van der Waals surface area contributed by atoms with Crippen molar-refractivity contribution in [2.75, 3.05) is 21.3 Å². The van der Waals surface area contributed by atoms with E-state index < -0.39 is 0 Å². The molecule has 0 fully saturated rings. The maximum absolute atomic E-state index is 5.41. The molecule has 4 heteroatoms. The van der Waals surface area contributed by atoms with Crippen LogP contribution in [-0.2, 0) is 0 Å². The molecule has 3 aromatic carbocycles. The Labute approximate surface area is 180 Å². The summed E-state index contributed by atoms with van der Waals surface area (Å²) in [4.78, 5) is 0. The van der Waals surface area contributed by atoms with Crippen LogP contribution in [0.5, 0.6) is 17.2 Å². The fraction of sp³-hybridized carbons (Fsp3) is 0.120. The van der Waals surface area contributed by atoms with Gasteiger partial charge in [-0.3, -0.25) is 0 Å². The summed E-state index contributed by atoms with van der Waals surface area (Å²) in [5, 5.41) is 0. The quantitative estimate of drug-likeness (QED) is 0.369. The fourth-order valence-corrected chi connectivity index (χ4v) is 3.14. The molecule has 0 amide bonds. The van der Waals surface area contributed by atoms with Gasteiger partial charge in [0.05, 0.1) is 21.3 Å². The van der Waals surface area contributed by atoms with E-state index in [9.17, 15) is 0 Å². The van der Waals surface area contributed by atoms with E-state index in [0.717, 1.165) is 21.2 Å². The van der Waals surface area contributed by atoms with Crippen molar-refractivity contribution in [1.29, 1.82) is 0 Å². The normalized spacial score (nSPS) is 11.2. The maximum atomic E-state index is 5.41. The van der Waals surface area contributed by atoms with E-state index in [1.165, 1.54) is 5.56 Å². The van der Waals surface area contributed by atoms with Crippen molar-refractivity contribution in [3.05, 3.63) is 87.4 Å². The number of hydrogen-bond acceptors (Lipinski definition) is 3. The van der Waals surface area contributed by atoms with E-state index in [1.54, 1.807) is 21.3 Å². The molecule has 0 heterocycles. The molecule has 0 aromatic heterocycles. The Morgan fingerprint density at radius 1 is 0.552 bits per heavy atom. The second kappa shape index (κ2) is 9.99. The second-order valence-corrected chi connectivity index (χ2v) is 7.26. The molecule has 3 aromatic rings. The summed E-state index contributed by atoms with van der Waals surface area (Å²) < 4.78 is 17.3. The Kier molecular flexibility index (Phi) is 7.14. The third kappa shape index (κ3) is 5.52. The minimum atomic E-state index is 0.592. The van der Waals surface area contributed by atoms with Gasteiger partial charge in [0.1, 0.15) is 0 Å². The summed E-state index contributed by atoms with van der Waals surface area (Å²) in [6.45, 7) is 0. The first kappa shape index (κ1) is 20.7. The van der Waals surface area contributed by atoms with Crippen molar-refractivity contribution < 1.29 is 14.2 Å². The van der Waals surface area contributed by atoms with Gasteiger partial charge in [-0.25, -0.2) is 0 Å². The summed E-state index contributed by atoms with van der Waals surface area (Å²) in [6.07, 6.45) is 8.29. The predicted molar refractivity (Wildman–Crippen MR) is 125 cm³/mol. The van der Waals surface area contributed by atoms with Crippen molar-refractivity contribution in [2.45, 2.75) is 0 Å². The Morgan fingerprint density at radius 2 is 0.931 bits per heavy atom. The lowest BCUT2D eigenvalue weighted by atomic mass is 10.1. The van der Waals surface area contributed by atoms with E-state index in [-0.39, 0.29) is 0 Å². The van der Waals surface area contributed by atoms with E-state index in [2.05, 4.69) is 70.6 Å². The molecule has 0 radical (unpaired) electrons. The highest BCUT2D eigenvalue weighted by atomic mass is 79.9. The largest absolute Gasteiger partial charge is 0.493 e. The van der Waals surface area contributed by atoms with Crippen LogP contribution in [0.3, 0.4) is 0 Å². The van der Waals surface area contributed by atoms with Crippen molar-refractivity contribution in [3.63, 3.8) is 0 Å². The highest BCUT2D eigenvalue weighted by Crippen LogP contribution is 2.38. The van der Waals surface area contributed by atoms with Crippen LogP contribution in [0.1, 0.15) is 22.3 Å². The minimum Gasteiger partial charge on any atom is -0.493 e. The van der Waals surface area contributed by atoms with Crippen LogP contribution < -0.4 is 14.2 Å². The first-order chi connectivity index (χ1) is 14.1. The number of halogens is 1. The highest BCUT2D eigenvalue weighted by Gasteiger charge is 2.11. The maximum Gasteiger partial charge on any atom is 0.203 e. The average molecular weight is 451 g/mol. The zero-order chi connectivity index (χ0) is 20.6. The SMILES string of the molecule is COc1cc(/C=C/c2ccc(/C=C/c3ccc(Br)cc3)cc2)cc(OC)c1OC. The monoisotopic (exact) mass is 450 g/mol. The summed E-state index contributed by atoms with van der Waals surface area (Å²) in [6, 6.07) is 20.5. The summed E-state index contributed by atoms with van der Waals surface area (Å²) in [5.74, 6) is 1.87. The lowest BCUT2D eigenvalue weighted by molar-refractivity contribution is 0.324. The summed E-state index contributed by atoms with van der Waals surface area (Å²) >= 11 is 3.45. The molecule has 0 aliphatic heterocycles. The third-order valence-corrected chi connectivity index (χ3v) is 4.96. The van der Waals surface area contributed by atoms with Gasteiger partial charge in [0.2, 0.25) is 5.75 Å². The lowest BCUT2D eigenvalue weighted by Gasteiger charge is -2.12. The van der Waals surface area contributed by atoms with Crippen LogP contribution >= 0.6 is 15.9 Å². The molecule has 0 aliphatic rings. The van der Waals surface area contributed by atoms with E-state index in [1.807, 2.05) is 30.3 Å². The lowest BCUT2D eigenvalue weighted by Crippen LogP contribution is -1.95. The van der Waals surface area contributed by atoms with Crippen LogP contribution in [0.25, 0.3) is 24.3 Å². The molecule has 3 rings (SSSR count). The summed E-state index contributed by atoms with van der Waals surface area (Å²) in [7, 11) is 4.83. The molecule has 0 N–H and O–H groups in total. The molecule has 0 saturated heterocycles. The van der Waals surface area contributed by atoms with Crippen molar-refractivity contribution in [1.82, 2.24) is 0 Å². The van der Waals surface area contributed by atoms with Crippen LogP contribution in [0.2, 0.25) is 0 Å². The number of rotatable bonds is 7. The molecule has 0 bridgehead atoms. The number of benzene rings is 3. The number of ether oxygens (including phenoxy) is 3. The van der Waals surface area contributed by atoms with Gasteiger partial charge >= 0.3 is 0 Å². The first-order valence-corrected chi connectivity index (χ1v) is 9.94. The molecule has 0 unspecified atom stereocenters. The van der Waals surface area contributed by atoms with Crippen molar-refractivity contribution in [3.8, 4) is 17.2 Å². The van der Waals surface area contributed by atoms with Gasteiger partial charge in [0.15, 0.2) is 11.5 Å². The van der Waals surface area contributed by atoms with Crippen LogP contribution in [0.4, 0.5) is 0 Å². The molecule has 3 nitrogen and oxygen atoms in total. The molecule has 0 aliphatic carbocycles. The van der Waals surface area contributed by atoms with Gasteiger partial charge in [-0.1, -0.05) is 76.6 Å².